The van der Waals surface area contributed by atoms with Crippen LogP contribution in [0.15, 0.2) is 53.4 Å². The van der Waals surface area contributed by atoms with Gasteiger partial charge in [-0.25, -0.2) is 13.1 Å². The van der Waals surface area contributed by atoms with Crippen LogP contribution in [0.1, 0.15) is 17.2 Å². The fourth-order valence-electron chi connectivity index (χ4n) is 3.33. The summed E-state index contributed by atoms with van der Waals surface area (Å²) in [5.41, 5.74) is -0.352. The minimum Gasteiger partial charge on any atom is -0.406 e. The first-order valence-corrected chi connectivity index (χ1v) is 11.2. The molecule has 0 aromatic heterocycles. The van der Waals surface area contributed by atoms with Gasteiger partial charge >= 0.3 is 12.5 Å². The Hall–Kier alpha value is -2.35. The summed E-state index contributed by atoms with van der Waals surface area (Å²) in [6.45, 7) is 1.47. The number of morpholine rings is 1. The van der Waals surface area contributed by atoms with Crippen molar-refractivity contribution in [3.8, 4) is 5.75 Å². The lowest BCUT2D eigenvalue weighted by molar-refractivity contribution is -0.274. The Morgan fingerprint density at radius 3 is 2.03 bits per heavy atom. The van der Waals surface area contributed by atoms with E-state index in [1.54, 1.807) is 0 Å². The third-order valence-corrected chi connectivity index (χ3v) is 6.38. The van der Waals surface area contributed by atoms with Crippen LogP contribution < -0.4 is 9.46 Å². The monoisotopic (exact) mass is 498 g/mol. The summed E-state index contributed by atoms with van der Waals surface area (Å²) in [5, 5.41) is 0. The first-order valence-electron chi connectivity index (χ1n) is 9.69. The van der Waals surface area contributed by atoms with Crippen molar-refractivity contribution < 1.29 is 44.2 Å². The van der Waals surface area contributed by atoms with Gasteiger partial charge in [0, 0.05) is 25.7 Å². The summed E-state index contributed by atoms with van der Waals surface area (Å²) in [4.78, 5) is 1.60. The fraction of sp³-hybridized carbons (Fsp3) is 0.400. The first-order chi connectivity index (χ1) is 15.4. The number of hydrogen-bond acceptors (Lipinski definition) is 5. The Morgan fingerprint density at radius 1 is 0.939 bits per heavy atom. The van der Waals surface area contributed by atoms with Crippen LogP contribution in [0.3, 0.4) is 0 Å². The standard InChI is InChI=1S/C20H20F6N2O4S/c21-19(22,23)15-3-1-14(2-4-15)18(28-9-11-31-12-10-28)13-27-33(29,30)17-7-5-16(6-8-17)32-20(24,25)26/h1-8,18,27H,9-13H2/t18-/m0/s1. The Morgan fingerprint density at radius 2 is 1.52 bits per heavy atom. The number of nitrogens with zero attached hydrogens (tertiary/aromatic N) is 1. The summed E-state index contributed by atoms with van der Waals surface area (Å²) in [7, 11) is -4.12. The lowest BCUT2D eigenvalue weighted by Crippen LogP contribution is -2.43. The molecule has 0 radical (unpaired) electrons. The maximum absolute atomic E-state index is 12.9. The van der Waals surface area contributed by atoms with Gasteiger partial charge in [0.1, 0.15) is 5.75 Å². The molecule has 1 saturated heterocycles. The van der Waals surface area contributed by atoms with Crippen LogP contribution in [0.2, 0.25) is 0 Å². The van der Waals surface area contributed by atoms with E-state index in [4.69, 9.17) is 4.74 Å². The second-order valence-electron chi connectivity index (χ2n) is 7.16. The molecule has 6 nitrogen and oxygen atoms in total. The Bertz CT molecular complexity index is 1020. The fourth-order valence-corrected chi connectivity index (χ4v) is 4.37. The van der Waals surface area contributed by atoms with Crippen LogP contribution in [0.4, 0.5) is 26.3 Å². The van der Waals surface area contributed by atoms with Crippen LogP contribution in [0, 0.1) is 0 Å². The van der Waals surface area contributed by atoms with Crippen LogP contribution >= 0.6 is 0 Å². The van der Waals surface area contributed by atoms with Gasteiger partial charge in [-0.15, -0.1) is 13.2 Å². The lowest BCUT2D eigenvalue weighted by atomic mass is 10.0. The molecule has 2 aromatic rings. The normalized spacial score (nSPS) is 17.0. The molecule has 33 heavy (non-hydrogen) atoms. The van der Waals surface area contributed by atoms with Crippen molar-refractivity contribution in [1.29, 1.82) is 0 Å². The second kappa shape index (κ2) is 9.87. The van der Waals surface area contributed by atoms with E-state index >= 15 is 0 Å². The summed E-state index contributed by atoms with van der Waals surface area (Å²) in [6, 6.07) is 7.53. The molecule has 0 aliphatic carbocycles. The molecule has 0 saturated carbocycles. The van der Waals surface area contributed by atoms with Crippen LogP contribution in [-0.2, 0) is 20.9 Å². The van der Waals surface area contributed by atoms with Gasteiger partial charge in [0.25, 0.3) is 0 Å². The van der Waals surface area contributed by atoms with Gasteiger partial charge in [0.15, 0.2) is 0 Å². The number of sulfonamides is 1. The van der Waals surface area contributed by atoms with Crippen molar-refractivity contribution in [3.63, 3.8) is 0 Å². The maximum Gasteiger partial charge on any atom is 0.573 e. The van der Waals surface area contributed by atoms with E-state index in [-0.39, 0.29) is 11.4 Å². The lowest BCUT2D eigenvalue weighted by Gasteiger charge is -2.35. The molecule has 2 aromatic carbocycles. The highest BCUT2D eigenvalue weighted by molar-refractivity contribution is 7.89. The minimum atomic E-state index is -4.91. The van der Waals surface area contributed by atoms with Crippen molar-refractivity contribution in [2.24, 2.45) is 0 Å². The van der Waals surface area contributed by atoms with E-state index in [0.29, 0.717) is 31.9 Å². The van der Waals surface area contributed by atoms with Gasteiger partial charge < -0.3 is 9.47 Å². The first kappa shape index (κ1) is 25.3. The molecule has 0 unspecified atom stereocenters. The summed E-state index contributed by atoms with van der Waals surface area (Å²) in [6.07, 6.45) is -9.41. The minimum absolute atomic E-state index is 0.172. The number of halogens is 6. The van der Waals surface area contributed by atoms with Gasteiger partial charge in [-0.05, 0) is 42.0 Å². The average Bonchev–Trinajstić information content (AvgIpc) is 2.73. The largest absolute Gasteiger partial charge is 0.573 e. The maximum atomic E-state index is 12.9. The number of ether oxygens (including phenoxy) is 2. The quantitative estimate of drug-likeness (QED) is 0.586. The number of alkyl halides is 6. The average molecular weight is 498 g/mol. The topological polar surface area (TPSA) is 67.9 Å². The second-order valence-corrected chi connectivity index (χ2v) is 8.92. The molecular formula is C20H20F6N2O4S. The highest BCUT2D eigenvalue weighted by Crippen LogP contribution is 2.31. The third-order valence-electron chi connectivity index (χ3n) is 4.94. The number of benzene rings is 2. The highest BCUT2D eigenvalue weighted by Gasteiger charge is 2.32. The van der Waals surface area contributed by atoms with Gasteiger partial charge in [-0.3, -0.25) is 4.90 Å². The highest BCUT2D eigenvalue weighted by atomic mass is 32.2. The molecular weight excluding hydrogens is 478 g/mol. The van der Waals surface area contributed by atoms with Crippen molar-refractivity contribution in [2.45, 2.75) is 23.5 Å². The molecule has 1 N–H and O–H groups in total. The zero-order chi connectivity index (χ0) is 24.3. The molecule has 1 fully saturated rings. The summed E-state index contributed by atoms with van der Waals surface area (Å²) < 4.78 is 112. The molecule has 182 valence electrons. The van der Waals surface area contributed by atoms with Crippen LogP contribution in [0.25, 0.3) is 0 Å². The SMILES string of the molecule is O=S(=O)(NC[C@@H](c1ccc(C(F)(F)F)cc1)N1CCOCC1)c1ccc(OC(F)(F)F)cc1. The zero-order valence-corrected chi connectivity index (χ0v) is 17.8. The van der Waals surface area contributed by atoms with E-state index in [1.165, 1.54) is 12.1 Å². The van der Waals surface area contributed by atoms with E-state index in [9.17, 15) is 34.8 Å². The molecule has 0 spiro atoms. The Labute approximate surface area is 186 Å². The molecule has 0 bridgehead atoms. The molecule has 1 atom stereocenters. The van der Waals surface area contributed by atoms with Crippen molar-refractivity contribution in [3.05, 3.63) is 59.7 Å². The molecule has 0 amide bonds. The molecule has 1 aliphatic rings. The molecule has 3 rings (SSSR count). The van der Waals surface area contributed by atoms with Gasteiger partial charge in [-0.2, -0.15) is 13.2 Å². The van der Waals surface area contributed by atoms with E-state index in [0.717, 1.165) is 36.4 Å². The molecule has 1 heterocycles. The van der Waals surface area contributed by atoms with Crippen LogP contribution in [0.5, 0.6) is 5.75 Å². The predicted octanol–water partition coefficient (Wildman–Crippen LogP) is 3.96. The third kappa shape index (κ3) is 7.06. The van der Waals surface area contributed by atoms with Crippen molar-refractivity contribution >= 4 is 10.0 Å². The van der Waals surface area contributed by atoms with Crippen molar-refractivity contribution in [1.82, 2.24) is 9.62 Å². The van der Waals surface area contributed by atoms with Gasteiger partial charge in [0.2, 0.25) is 10.0 Å². The van der Waals surface area contributed by atoms with Gasteiger partial charge in [-0.1, -0.05) is 12.1 Å². The number of rotatable bonds is 7. The predicted molar refractivity (Wildman–Crippen MR) is 105 cm³/mol. The van der Waals surface area contributed by atoms with E-state index in [1.807, 2.05) is 4.90 Å². The molecule has 13 heteroatoms. The van der Waals surface area contributed by atoms with E-state index in [2.05, 4.69) is 9.46 Å². The number of nitrogens with one attached hydrogen (secondary N) is 1. The Kier molecular flexibility index (Phi) is 7.56. The van der Waals surface area contributed by atoms with E-state index < -0.39 is 39.9 Å². The summed E-state index contributed by atoms with van der Waals surface area (Å²) in [5.74, 6) is -0.572. The van der Waals surface area contributed by atoms with Crippen molar-refractivity contribution in [2.75, 3.05) is 32.8 Å². The van der Waals surface area contributed by atoms with Gasteiger partial charge in [0.05, 0.1) is 23.7 Å². The Balaban J connectivity index is 1.77. The summed E-state index contributed by atoms with van der Waals surface area (Å²) >= 11 is 0. The zero-order valence-electron chi connectivity index (χ0n) is 17.0. The molecule has 1 aliphatic heterocycles. The number of hydrogen-bond donors (Lipinski definition) is 1. The smallest absolute Gasteiger partial charge is 0.406 e. The van der Waals surface area contributed by atoms with Crippen LogP contribution in [-0.4, -0.2) is 52.5 Å².